The second-order valence-electron chi connectivity index (χ2n) is 8.61. The fourth-order valence-corrected chi connectivity index (χ4v) is 5.52. The Bertz CT molecular complexity index is 1340. The third kappa shape index (κ3) is 4.25. The highest BCUT2D eigenvalue weighted by Gasteiger charge is 2.34. The average molecular weight is 499 g/mol. The van der Waals surface area contributed by atoms with Crippen LogP contribution in [0.25, 0.3) is 15.9 Å². The molecule has 7 nitrogen and oxygen atoms in total. The van der Waals surface area contributed by atoms with Crippen molar-refractivity contribution in [2.24, 2.45) is 5.92 Å². The van der Waals surface area contributed by atoms with Crippen molar-refractivity contribution in [1.29, 1.82) is 0 Å². The molecule has 176 valence electrons. The van der Waals surface area contributed by atoms with Crippen molar-refractivity contribution in [3.63, 3.8) is 0 Å². The van der Waals surface area contributed by atoms with Crippen molar-refractivity contribution >= 4 is 44.2 Å². The number of benzene rings is 2. The minimum atomic E-state index is -0.491. The van der Waals surface area contributed by atoms with Crippen molar-refractivity contribution in [3.8, 4) is 5.69 Å². The SMILES string of the molecule is Cc1ccc(C(=O)N2CCCC(C)C2CNc2nc3cc(Cl)ccc3s2)c(-n2nccn2)c1F. The molecule has 0 radical (unpaired) electrons. The number of anilines is 1. The lowest BCUT2D eigenvalue weighted by Gasteiger charge is -2.40. The third-order valence-electron chi connectivity index (χ3n) is 6.35. The molecule has 0 saturated carbocycles. The number of aryl methyl sites for hydroxylation is 1. The zero-order valence-electron chi connectivity index (χ0n) is 18.8. The molecule has 1 amide bonds. The molecule has 1 N–H and O–H groups in total. The second kappa shape index (κ2) is 9.31. The molecule has 2 atom stereocenters. The van der Waals surface area contributed by atoms with E-state index in [9.17, 15) is 4.79 Å². The maximum atomic E-state index is 15.1. The first-order valence-corrected chi connectivity index (χ1v) is 12.4. The molecule has 10 heteroatoms. The van der Waals surface area contributed by atoms with Crippen LogP contribution < -0.4 is 5.32 Å². The maximum absolute atomic E-state index is 15.1. The Balaban J connectivity index is 1.43. The molecule has 1 aliphatic heterocycles. The molecule has 3 heterocycles. The number of rotatable bonds is 5. The Kier molecular flexibility index (Phi) is 6.22. The number of carbonyl (C=O) groups is 1. The van der Waals surface area contributed by atoms with Gasteiger partial charge in [0.1, 0.15) is 5.69 Å². The summed E-state index contributed by atoms with van der Waals surface area (Å²) in [7, 11) is 0. The number of halogens is 2. The van der Waals surface area contributed by atoms with Crippen molar-refractivity contribution in [2.75, 3.05) is 18.4 Å². The highest BCUT2D eigenvalue weighted by molar-refractivity contribution is 7.22. The van der Waals surface area contributed by atoms with Gasteiger partial charge in [-0.05, 0) is 55.5 Å². The number of amides is 1. The van der Waals surface area contributed by atoms with Crippen LogP contribution in [-0.4, -0.2) is 49.9 Å². The van der Waals surface area contributed by atoms with Gasteiger partial charge in [0.25, 0.3) is 5.91 Å². The van der Waals surface area contributed by atoms with Gasteiger partial charge in [-0.15, -0.1) is 4.80 Å². The highest BCUT2D eigenvalue weighted by atomic mass is 35.5. The van der Waals surface area contributed by atoms with Gasteiger partial charge < -0.3 is 10.2 Å². The van der Waals surface area contributed by atoms with E-state index >= 15 is 4.39 Å². The van der Waals surface area contributed by atoms with Gasteiger partial charge in [-0.3, -0.25) is 4.79 Å². The summed E-state index contributed by atoms with van der Waals surface area (Å²) in [4.78, 5) is 21.4. The van der Waals surface area contributed by atoms with Crippen molar-refractivity contribution in [1.82, 2.24) is 24.9 Å². The fourth-order valence-electron chi connectivity index (χ4n) is 4.50. The van der Waals surface area contributed by atoms with Gasteiger partial charge in [0.2, 0.25) is 0 Å². The summed E-state index contributed by atoms with van der Waals surface area (Å²) >= 11 is 7.64. The van der Waals surface area contributed by atoms with Crippen molar-refractivity contribution < 1.29 is 9.18 Å². The lowest BCUT2D eigenvalue weighted by molar-refractivity contribution is 0.0539. The summed E-state index contributed by atoms with van der Waals surface area (Å²) in [6.07, 6.45) is 4.85. The number of aromatic nitrogens is 4. The molecule has 2 aromatic carbocycles. The summed E-state index contributed by atoms with van der Waals surface area (Å²) in [6.45, 7) is 4.96. The van der Waals surface area contributed by atoms with Crippen LogP contribution in [0, 0.1) is 18.7 Å². The Morgan fingerprint density at radius 1 is 1.26 bits per heavy atom. The largest absolute Gasteiger partial charge is 0.359 e. The van der Waals surface area contributed by atoms with Crippen LogP contribution >= 0.6 is 22.9 Å². The maximum Gasteiger partial charge on any atom is 0.256 e. The monoisotopic (exact) mass is 498 g/mol. The first-order valence-electron chi connectivity index (χ1n) is 11.2. The van der Waals surface area contributed by atoms with E-state index in [0.717, 1.165) is 28.2 Å². The van der Waals surface area contributed by atoms with Crippen LogP contribution in [-0.2, 0) is 0 Å². The Hall–Kier alpha value is -3.04. The van der Waals surface area contributed by atoms with Crippen LogP contribution in [0.1, 0.15) is 35.7 Å². The van der Waals surface area contributed by atoms with Gasteiger partial charge in [-0.1, -0.05) is 35.9 Å². The number of carbonyl (C=O) groups excluding carboxylic acids is 1. The number of likely N-dealkylation sites (tertiary alicyclic amines) is 1. The van der Waals surface area contributed by atoms with Gasteiger partial charge in [-0.25, -0.2) is 9.37 Å². The van der Waals surface area contributed by atoms with Crippen molar-refractivity contribution in [3.05, 3.63) is 64.7 Å². The van der Waals surface area contributed by atoms with E-state index in [2.05, 4.69) is 27.4 Å². The zero-order valence-corrected chi connectivity index (χ0v) is 20.4. The lowest BCUT2D eigenvalue weighted by atomic mass is 9.90. The van der Waals surface area contributed by atoms with E-state index in [0.29, 0.717) is 23.7 Å². The Morgan fingerprint density at radius 3 is 2.85 bits per heavy atom. The molecule has 34 heavy (non-hydrogen) atoms. The van der Waals surface area contributed by atoms with E-state index in [1.807, 2.05) is 23.1 Å². The molecule has 2 unspecified atom stereocenters. The molecular formula is C24H24ClFN6OS. The molecule has 1 fully saturated rings. The van der Waals surface area contributed by atoms with Gasteiger partial charge in [0, 0.05) is 18.1 Å². The topological polar surface area (TPSA) is 75.9 Å². The number of fused-ring (bicyclic) bond motifs is 1. The van der Waals surface area contributed by atoms with E-state index in [4.69, 9.17) is 11.6 Å². The number of nitrogens with one attached hydrogen (secondary N) is 1. The molecular weight excluding hydrogens is 475 g/mol. The normalized spacial score (nSPS) is 18.4. The van der Waals surface area contributed by atoms with Crippen LogP contribution in [0.3, 0.4) is 0 Å². The number of nitrogens with zero attached hydrogens (tertiary/aromatic N) is 5. The quantitative estimate of drug-likeness (QED) is 0.402. The third-order valence-corrected chi connectivity index (χ3v) is 7.58. The molecule has 0 aliphatic carbocycles. The predicted molar refractivity (Wildman–Crippen MR) is 132 cm³/mol. The van der Waals surface area contributed by atoms with Gasteiger partial charge in [0.15, 0.2) is 10.9 Å². The average Bonchev–Trinajstić information content (AvgIpc) is 3.49. The summed E-state index contributed by atoms with van der Waals surface area (Å²) in [5, 5.41) is 13.0. The van der Waals surface area contributed by atoms with Crippen LogP contribution in [0.2, 0.25) is 5.02 Å². The predicted octanol–water partition coefficient (Wildman–Crippen LogP) is 5.33. The van der Waals surface area contributed by atoms with E-state index in [1.54, 1.807) is 30.4 Å². The van der Waals surface area contributed by atoms with Crippen LogP contribution in [0.15, 0.2) is 42.7 Å². The molecule has 0 spiro atoms. The molecule has 4 aromatic rings. The van der Waals surface area contributed by atoms with Gasteiger partial charge in [-0.2, -0.15) is 10.2 Å². The Labute approximate surface area is 205 Å². The fraction of sp³-hybridized carbons (Fsp3) is 0.333. The summed E-state index contributed by atoms with van der Waals surface area (Å²) in [5.74, 6) is -0.439. The lowest BCUT2D eigenvalue weighted by Crippen LogP contribution is -2.51. The van der Waals surface area contributed by atoms with E-state index in [-0.39, 0.29) is 29.1 Å². The van der Waals surface area contributed by atoms with E-state index in [1.165, 1.54) is 17.2 Å². The first kappa shape index (κ1) is 22.7. The summed E-state index contributed by atoms with van der Waals surface area (Å²) in [5.41, 5.74) is 1.62. The summed E-state index contributed by atoms with van der Waals surface area (Å²) in [6, 6.07) is 8.87. The number of thiazole rings is 1. The van der Waals surface area contributed by atoms with Gasteiger partial charge >= 0.3 is 0 Å². The minimum Gasteiger partial charge on any atom is -0.359 e. The smallest absolute Gasteiger partial charge is 0.256 e. The number of hydrogen-bond donors (Lipinski definition) is 1. The van der Waals surface area contributed by atoms with Crippen LogP contribution in [0.5, 0.6) is 0 Å². The standard InChI is InChI=1S/C24H24ClFN6OS/c1-14-4-3-11-31(19(14)13-27-24-30-18-12-16(25)6-8-20(18)34-24)23(33)17-7-5-15(2)21(26)22(17)32-28-9-10-29-32/h5-10,12,14,19H,3-4,11,13H2,1-2H3,(H,27,30). The number of piperidine rings is 1. The van der Waals surface area contributed by atoms with Gasteiger partial charge in [0.05, 0.1) is 34.2 Å². The Morgan fingerprint density at radius 2 is 2.06 bits per heavy atom. The molecule has 1 saturated heterocycles. The molecule has 1 aliphatic rings. The highest BCUT2D eigenvalue weighted by Crippen LogP contribution is 2.31. The zero-order chi connectivity index (χ0) is 23.8. The molecule has 0 bridgehead atoms. The van der Waals surface area contributed by atoms with E-state index < -0.39 is 5.82 Å². The summed E-state index contributed by atoms with van der Waals surface area (Å²) < 4.78 is 16.2. The molecule has 5 rings (SSSR count). The van der Waals surface area contributed by atoms with Crippen LogP contribution in [0.4, 0.5) is 9.52 Å². The molecule has 2 aromatic heterocycles. The first-order chi connectivity index (χ1) is 16.4. The minimum absolute atomic E-state index is 0.0698. The van der Waals surface area contributed by atoms with Crippen molar-refractivity contribution in [2.45, 2.75) is 32.7 Å². The second-order valence-corrected chi connectivity index (χ2v) is 10.1. The number of hydrogen-bond acceptors (Lipinski definition) is 6.